The average Bonchev–Trinajstić information content (AvgIpc) is 3.19. The lowest BCUT2D eigenvalue weighted by molar-refractivity contribution is -0.384. The number of non-ortho nitro benzene ring substituents is 1. The maximum Gasteiger partial charge on any atom is 0.300 e. The van der Waals surface area contributed by atoms with Gasteiger partial charge in [0, 0.05) is 67.6 Å². The zero-order chi connectivity index (χ0) is 26.1. The van der Waals surface area contributed by atoms with Gasteiger partial charge < -0.3 is 14.9 Å². The molecule has 2 fully saturated rings. The maximum atomic E-state index is 13.3. The van der Waals surface area contributed by atoms with Crippen molar-refractivity contribution in [3.05, 3.63) is 99.9 Å². The number of likely N-dealkylation sites (N-methyl/N-ethyl adjacent to an activating group) is 1. The van der Waals surface area contributed by atoms with E-state index in [4.69, 9.17) is 0 Å². The third-order valence-electron chi connectivity index (χ3n) is 6.81. The monoisotopic (exact) mass is 499 g/mol. The van der Waals surface area contributed by atoms with E-state index in [2.05, 4.69) is 21.8 Å². The summed E-state index contributed by atoms with van der Waals surface area (Å²) in [6.45, 7) is 3.71. The van der Waals surface area contributed by atoms with Crippen molar-refractivity contribution in [1.82, 2.24) is 9.88 Å². The lowest BCUT2D eigenvalue weighted by Gasteiger charge is -2.34. The minimum atomic E-state index is -0.896. The molecule has 10 nitrogen and oxygen atoms in total. The van der Waals surface area contributed by atoms with E-state index in [1.54, 1.807) is 36.7 Å². The molecule has 37 heavy (non-hydrogen) atoms. The first-order valence-corrected chi connectivity index (χ1v) is 11.8. The number of aliphatic hydroxyl groups is 1. The Kier molecular flexibility index (Phi) is 6.41. The highest BCUT2D eigenvalue weighted by Gasteiger charge is 2.47. The van der Waals surface area contributed by atoms with Gasteiger partial charge in [0.25, 0.3) is 17.4 Å². The van der Waals surface area contributed by atoms with E-state index in [0.29, 0.717) is 11.3 Å². The second-order valence-electron chi connectivity index (χ2n) is 9.06. The predicted octanol–water partition coefficient (Wildman–Crippen LogP) is 3.37. The van der Waals surface area contributed by atoms with Gasteiger partial charge in [-0.3, -0.25) is 29.6 Å². The molecule has 1 atom stereocenters. The highest BCUT2D eigenvalue weighted by molar-refractivity contribution is 6.51. The molecule has 2 saturated heterocycles. The van der Waals surface area contributed by atoms with E-state index in [9.17, 15) is 24.8 Å². The van der Waals surface area contributed by atoms with E-state index < -0.39 is 28.4 Å². The van der Waals surface area contributed by atoms with Crippen molar-refractivity contribution in [3.63, 3.8) is 0 Å². The van der Waals surface area contributed by atoms with Crippen molar-refractivity contribution in [2.24, 2.45) is 0 Å². The summed E-state index contributed by atoms with van der Waals surface area (Å²) in [5.41, 5.74) is 2.11. The van der Waals surface area contributed by atoms with Crippen molar-refractivity contribution in [2.45, 2.75) is 6.04 Å². The quantitative estimate of drug-likeness (QED) is 0.187. The molecule has 10 heteroatoms. The van der Waals surface area contributed by atoms with Gasteiger partial charge in [-0.15, -0.1) is 0 Å². The summed E-state index contributed by atoms with van der Waals surface area (Å²) in [5.74, 6) is -2.00. The molecule has 2 aromatic carbocycles. The van der Waals surface area contributed by atoms with Crippen LogP contribution in [0, 0.1) is 10.1 Å². The SMILES string of the molecule is CN1CCN(c2ccc(N3C(=O)C(=O)/C(=C(\O)c4ccc([N+](=O)[O-])cc4)C3c3ccncc3)cc2)CC1. The van der Waals surface area contributed by atoms with Crippen LogP contribution >= 0.6 is 0 Å². The molecule has 3 heterocycles. The number of benzene rings is 2. The molecule has 2 aliphatic rings. The normalized spacial score (nSPS) is 19.9. The Hall–Kier alpha value is -4.57. The van der Waals surface area contributed by atoms with E-state index in [1.165, 1.54) is 29.2 Å². The number of nitro groups is 1. The Bertz CT molecular complexity index is 1360. The van der Waals surface area contributed by atoms with Crippen LogP contribution in [0.1, 0.15) is 17.2 Å². The van der Waals surface area contributed by atoms with Crippen LogP contribution in [0.25, 0.3) is 5.76 Å². The molecule has 188 valence electrons. The summed E-state index contributed by atoms with van der Waals surface area (Å²) in [6, 6.07) is 15.1. The van der Waals surface area contributed by atoms with Crippen LogP contribution in [0.3, 0.4) is 0 Å². The lowest BCUT2D eigenvalue weighted by atomic mass is 9.95. The van der Waals surface area contributed by atoms with Gasteiger partial charge in [-0.2, -0.15) is 0 Å². The van der Waals surface area contributed by atoms with Crippen molar-refractivity contribution >= 4 is 34.5 Å². The molecular formula is C27H25N5O5. The first-order valence-electron chi connectivity index (χ1n) is 11.8. The van der Waals surface area contributed by atoms with Crippen LogP contribution < -0.4 is 9.80 Å². The fourth-order valence-electron chi connectivity index (χ4n) is 4.75. The number of carbonyl (C=O) groups is 2. The maximum absolute atomic E-state index is 13.3. The molecule has 5 rings (SSSR count). The Morgan fingerprint density at radius 2 is 1.51 bits per heavy atom. The van der Waals surface area contributed by atoms with E-state index in [1.807, 2.05) is 12.1 Å². The van der Waals surface area contributed by atoms with Gasteiger partial charge >= 0.3 is 0 Å². The number of amides is 1. The number of hydrogen-bond donors (Lipinski definition) is 1. The second-order valence-corrected chi connectivity index (χ2v) is 9.06. The van der Waals surface area contributed by atoms with Gasteiger partial charge in [-0.1, -0.05) is 0 Å². The lowest BCUT2D eigenvalue weighted by Crippen LogP contribution is -2.44. The zero-order valence-corrected chi connectivity index (χ0v) is 20.2. The molecule has 0 radical (unpaired) electrons. The predicted molar refractivity (Wildman–Crippen MR) is 138 cm³/mol. The summed E-state index contributed by atoms with van der Waals surface area (Å²) in [7, 11) is 2.09. The van der Waals surface area contributed by atoms with Crippen molar-refractivity contribution < 1.29 is 19.6 Å². The smallest absolute Gasteiger partial charge is 0.300 e. The van der Waals surface area contributed by atoms with Crippen LogP contribution in [-0.4, -0.2) is 64.8 Å². The molecule has 0 saturated carbocycles. The van der Waals surface area contributed by atoms with E-state index in [0.717, 1.165) is 31.9 Å². The fourth-order valence-corrected chi connectivity index (χ4v) is 4.75. The number of carbonyl (C=O) groups excluding carboxylic acids is 2. The van der Waals surface area contributed by atoms with Crippen molar-refractivity contribution in [3.8, 4) is 0 Å². The molecule has 2 aliphatic heterocycles. The third-order valence-corrected chi connectivity index (χ3v) is 6.81. The van der Waals surface area contributed by atoms with Crippen LogP contribution in [0.5, 0.6) is 0 Å². The third kappa shape index (κ3) is 4.54. The van der Waals surface area contributed by atoms with Gasteiger partial charge in [0.1, 0.15) is 5.76 Å². The molecule has 1 aromatic heterocycles. The highest BCUT2D eigenvalue weighted by atomic mass is 16.6. The van der Waals surface area contributed by atoms with Crippen LogP contribution in [0.2, 0.25) is 0 Å². The first-order chi connectivity index (χ1) is 17.8. The van der Waals surface area contributed by atoms with Gasteiger partial charge in [0.05, 0.1) is 16.5 Å². The number of nitro benzene ring substituents is 1. The first kappa shape index (κ1) is 24.1. The number of aromatic nitrogens is 1. The summed E-state index contributed by atoms with van der Waals surface area (Å²) >= 11 is 0. The second kappa shape index (κ2) is 9.82. The number of nitrogens with zero attached hydrogens (tertiary/aromatic N) is 5. The largest absolute Gasteiger partial charge is 0.507 e. The number of hydrogen-bond acceptors (Lipinski definition) is 8. The van der Waals surface area contributed by atoms with Gasteiger partial charge in [-0.05, 0) is 61.1 Å². The number of ketones is 1. The average molecular weight is 500 g/mol. The summed E-state index contributed by atoms with van der Waals surface area (Å²) in [6.07, 6.45) is 3.11. The number of piperazine rings is 1. The molecular weight excluding hydrogens is 474 g/mol. The summed E-state index contributed by atoms with van der Waals surface area (Å²) in [4.78, 5) is 47.0. The van der Waals surface area contributed by atoms with Crippen LogP contribution in [0.4, 0.5) is 17.1 Å². The molecule has 0 spiro atoms. The standard InChI is InChI=1S/C27H25N5O5/c1-29-14-16-30(17-15-29)20-6-8-21(9-7-20)31-24(18-10-12-28-13-11-18)23(26(34)27(31)35)25(33)19-2-4-22(5-3-19)32(36)37/h2-13,24,33H,14-17H2,1H3/b25-23-. The Morgan fingerprint density at radius 1 is 0.919 bits per heavy atom. The topological polar surface area (TPSA) is 120 Å². The van der Waals surface area contributed by atoms with Gasteiger partial charge in [0.2, 0.25) is 0 Å². The van der Waals surface area contributed by atoms with Gasteiger partial charge in [0.15, 0.2) is 0 Å². The van der Waals surface area contributed by atoms with E-state index in [-0.39, 0.29) is 16.8 Å². The fraction of sp³-hybridized carbons (Fsp3) is 0.222. The van der Waals surface area contributed by atoms with Crippen LogP contribution in [0.15, 0.2) is 78.6 Å². The van der Waals surface area contributed by atoms with E-state index >= 15 is 0 Å². The summed E-state index contributed by atoms with van der Waals surface area (Å²) in [5, 5.41) is 22.2. The minimum Gasteiger partial charge on any atom is -0.507 e. The Balaban J connectivity index is 1.55. The Morgan fingerprint density at radius 3 is 2.11 bits per heavy atom. The number of Topliss-reactive ketones (excluding diaryl/α,β-unsaturated/α-hetero) is 1. The molecule has 0 bridgehead atoms. The van der Waals surface area contributed by atoms with Crippen LogP contribution in [-0.2, 0) is 9.59 Å². The molecule has 1 amide bonds. The van der Waals surface area contributed by atoms with Gasteiger partial charge in [-0.25, -0.2) is 0 Å². The van der Waals surface area contributed by atoms with Crippen molar-refractivity contribution in [2.75, 3.05) is 43.0 Å². The minimum absolute atomic E-state index is 0.0896. The Labute approximate surface area is 213 Å². The number of rotatable bonds is 5. The van der Waals surface area contributed by atoms with Crippen molar-refractivity contribution in [1.29, 1.82) is 0 Å². The molecule has 1 N–H and O–H groups in total. The zero-order valence-electron chi connectivity index (χ0n) is 20.2. The molecule has 1 unspecified atom stereocenters. The summed E-state index contributed by atoms with van der Waals surface area (Å²) < 4.78 is 0. The number of anilines is 2. The number of pyridine rings is 1. The molecule has 3 aromatic rings. The highest BCUT2D eigenvalue weighted by Crippen LogP contribution is 2.42. The number of aliphatic hydroxyl groups excluding tert-OH is 1. The molecule has 0 aliphatic carbocycles.